The van der Waals surface area contributed by atoms with E-state index in [1.165, 1.54) is 6.42 Å². The van der Waals surface area contributed by atoms with Gasteiger partial charge in [0.15, 0.2) is 0 Å². The molecule has 0 unspecified atom stereocenters. The first-order chi connectivity index (χ1) is 9.09. The van der Waals surface area contributed by atoms with E-state index in [-0.39, 0.29) is 0 Å². The number of hydrogen-bond donors (Lipinski definition) is 3. The summed E-state index contributed by atoms with van der Waals surface area (Å²) in [5.74, 6) is -2.97. The highest BCUT2D eigenvalue weighted by Crippen LogP contribution is 2.10. The van der Waals surface area contributed by atoms with Gasteiger partial charge < -0.3 is 15.5 Å². The lowest BCUT2D eigenvalue weighted by atomic mass is 10.1. The van der Waals surface area contributed by atoms with E-state index in [4.69, 9.17) is 19.8 Å². The van der Waals surface area contributed by atoms with Crippen molar-refractivity contribution in [3.63, 3.8) is 0 Å². The van der Waals surface area contributed by atoms with Crippen molar-refractivity contribution >= 4 is 18.0 Å². The summed E-state index contributed by atoms with van der Waals surface area (Å²) >= 11 is 0. The quantitative estimate of drug-likeness (QED) is 0.657. The van der Waals surface area contributed by atoms with E-state index in [1.54, 1.807) is 6.33 Å². The Balaban J connectivity index is 0.000000258. The van der Waals surface area contributed by atoms with Gasteiger partial charge >= 0.3 is 11.9 Å². The zero-order valence-electron chi connectivity index (χ0n) is 10.2. The summed E-state index contributed by atoms with van der Waals surface area (Å²) in [6, 6.07) is 0. The lowest BCUT2D eigenvalue weighted by molar-refractivity contribution is -0.159. The fraction of sp³-hybridized carbons (Fsp3) is 0.333. The monoisotopic (exact) mass is 265 g/mol. The Kier molecular flexibility index (Phi) is 6.17. The van der Waals surface area contributed by atoms with E-state index in [0.717, 1.165) is 18.7 Å². The number of carboxylic acids is 2. The summed E-state index contributed by atoms with van der Waals surface area (Å²) in [5.41, 5.74) is 1.08. The summed E-state index contributed by atoms with van der Waals surface area (Å²) in [6.45, 7) is 2.24. The Morgan fingerprint density at radius 3 is 2.37 bits per heavy atom. The van der Waals surface area contributed by atoms with Gasteiger partial charge in [-0.1, -0.05) is 12.2 Å². The molecular formula is C12H15N3O4. The molecule has 0 aromatic carbocycles. The molecular weight excluding hydrogens is 250 g/mol. The predicted octanol–water partition coefficient (Wildman–Crippen LogP) is 0.255. The topological polar surface area (TPSA) is 112 Å². The van der Waals surface area contributed by atoms with Crippen LogP contribution in [-0.2, 0) is 9.59 Å². The molecule has 0 bridgehead atoms. The summed E-state index contributed by atoms with van der Waals surface area (Å²) in [7, 11) is 0. The molecule has 102 valence electrons. The predicted molar refractivity (Wildman–Crippen MR) is 67.3 cm³/mol. The van der Waals surface area contributed by atoms with E-state index in [0.29, 0.717) is 5.92 Å². The molecule has 1 aromatic rings. The summed E-state index contributed by atoms with van der Waals surface area (Å²) in [4.78, 5) is 26.1. The van der Waals surface area contributed by atoms with Crippen molar-refractivity contribution in [3.05, 3.63) is 30.4 Å². The first-order valence-corrected chi connectivity index (χ1v) is 5.69. The highest BCUT2D eigenvalue weighted by Gasteiger charge is 2.09. The Bertz CT molecular complexity index is 430. The largest absolute Gasteiger partial charge is 0.473 e. The molecule has 7 heteroatoms. The van der Waals surface area contributed by atoms with Crippen LogP contribution in [0.2, 0.25) is 0 Å². The van der Waals surface area contributed by atoms with Crippen LogP contribution in [0.25, 0.3) is 6.08 Å². The second kappa shape index (κ2) is 7.93. The molecule has 0 saturated carbocycles. The fourth-order valence-electron chi connectivity index (χ4n) is 1.49. The Morgan fingerprint density at radius 1 is 1.26 bits per heavy atom. The first kappa shape index (κ1) is 14.8. The van der Waals surface area contributed by atoms with Crippen LogP contribution in [0.4, 0.5) is 0 Å². The third-order valence-corrected chi connectivity index (χ3v) is 2.42. The number of nitrogens with zero attached hydrogens (tertiary/aromatic N) is 2. The van der Waals surface area contributed by atoms with E-state index in [2.05, 4.69) is 27.4 Å². The van der Waals surface area contributed by atoms with Gasteiger partial charge in [-0.05, 0) is 18.9 Å². The molecule has 0 amide bonds. The SMILES string of the molecule is C(=C\[C@H]1CCNC1)/c1cncnc1.O=C(O)C(=O)O. The summed E-state index contributed by atoms with van der Waals surface area (Å²) in [5, 5.41) is 18.1. The third kappa shape index (κ3) is 6.27. The molecule has 1 saturated heterocycles. The molecule has 19 heavy (non-hydrogen) atoms. The normalized spacial score (nSPS) is 17.8. The van der Waals surface area contributed by atoms with Gasteiger partial charge in [-0.2, -0.15) is 0 Å². The summed E-state index contributed by atoms with van der Waals surface area (Å²) < 4.78 is 0. The minimum absolute atomic E-state index is 0.681. The van der Waals surface area contributed by atoms with Crippen molar-refractivity contribution in [2.75, 3.05) is 13.1 Å². The number of rotatable bonds is 2. The highest BCUT2D eigenvalue weighted by molar-refractivity contribution is 6.27. The smallest absolute Gasteiger partial charge is 0.414 e. The van der Waals surface area contributed by atoms with Crippen molar-refractivity contribution < 1.29 is 19.8 Å². The number of aliphatic carboxylic acids is 2. The van der Waals surface area contributed by atoms with Gasteiger partial charge in [0.2, 0.25) is 0 Å². The average molecular weight is 265 g/mol. The number of carboxylic acid groups (broad SMARTS) is 2. The van der Waals surface area contributed by atoms with Crippen molar-refractivity contribution in [3.8, 4) is 0 Å². The molecule has 2 rings (SSSR count). The second-order valence-corrected chi connectivity index (χ2v) is 3.89. The lowest BCUT2D eigenvalue weighted by Gasteiger charge is -1.98. The van der Waals surface area contributed by atoms with Gasteiger partial charge in [-0.15, -0.1) is 0 Å². The Labute approximate surface area is 110 Å². The maximum Gasteiger partial charge on any atom is 0.414 e. The molecule has 0 radical (unpaired) electrons. The average Bonchev–Trinajstić information content (AvgIpc) is 2.91. The van der Waals surface area contributed by atoms with Gasteiger partial charge in [-0.3, -0.25) is 0 Å². The third-order valence-electron chi connectivity index (χ3n) is 2.42. The molecule has 2 heterocycles. The van der Waals surface area contributed by atoms with Crippen molar-refractivity contribution in [2.24, 2.45) is 5.92 Å². The van der Waals surface area contributed by atoms with Crippen LogP contribution < -0.4 is 5.32 Å². The minimum Gasteiger partial charge on any atom is -0.473 e. The van der Waals surface area contributed by atoms with Gasteiger partial charge in [0, 0.05) is 24.5 Å². The summed E-state index contributed by atoms with van der Waals surface area (Å²) in [6.07, 6.45) is 10.8. The minimum atomic E-state index is -1.82. The van der Waals surface area contributed by atoms with E-state index in [9.17, 15) is 0 Å². The standard InChI is InChI=1S/C10H13N3.C2H2O4/c1(9-3-4-11-5-9)2-10-6-12-8-13-7-10;3-1(4)2(5)6/h1-2,6-9,11H,3-5H2;(H,3,4)(H,5,6)/b2-1+;/t9-;/m0./s1. The van der Waals surface area contributed by atoms with Gasteiger partial charge in [0.05, 0.1) is 0 Å². The van der Waals surface area contributed by atoms with Crippen LogP contribution in [0.1, 0.15) is 12.0 Å². The molecule has 1 atom stereocenters. The van der Waals surface area contributed by atoms with E-state index in [1.807, 2.05) is 12.4 Å². The van der Waals surface area contributed by atoms with Crippen LogP contribution in [0, 0.1) is 5.92 Å². The molecule has 3 N–H and O–H groups in total. The van der Waals surface area contributed by atoms with E-state index < -0.39 is 11.9 Å². The lowest BCUT2D eigenvalue weighted by Crippen LogP contribution is -2.09. The number of nitrogens with one attached hydrogen (secondary N) is 1. The Hall–Kier alpha value is -2.28. The maximum atomic E-state index is 9.10. The molecule has 1 fully saturated rings. The zero-order valence-corrected chi connectivity index (χ0v) is 10.2. The van der Waals surface area contributed by atoms with Gasteiger partial charge in [0.25, 0.3) is 0 Å². The molecule has 0 aliphatic carbocycles. The first-order valence-electron chi connectivity index (χ1n) is 5.69. The van der Waals surface area contributed by atoms with Gasteiger partial charge in [-0.25, -0.2) is 19.6 Å². The molecule has 7 nitrogen and oxygen atoms in total. The molecule has 1 aromatic heterocycles. The fourth-order valence-corrected chi connectivity index (χ4v) is 1.49. The maximum absolute atomic E-state index is 9.10. The van der Waals surface area contributed by atoms with Crippen LogP contribution in [0.15, 0.2) is 24.8 Å². The van der Waals surface area contributed by atoms with Crippen LogP contribution in [0.3, 0.4) is 0 Å². The van der Waals surface area contributed by atoms with Crippen LogP contribution in [-0.4, -0.2) is 45.2 Å². The second-order valence-electron chi connectivity index (χ2n) is 3.89. The van der Waals surface area contributed by atoms with Gasteiger partial charge in [0.1, 0.15) is 6.33 Å². The molecule has 0 spiro atoms. The number of hydrogen-bond acceptors (Lipinski definition) is 5. The number of aromatic nitrogens is 2. The van der Waals surface area contributed by atoms with Crippen molar-refractivity contribution in [2.45, 2.75) is 6.42 Å². The van der Waals surface area contributed by atoms with Crippen molar-refractivity contribution in [1.82, 2.24) is 15.3 Å². The Morgan fingerprint density at radius 2 is 1.89 bits per heavy atom. The van der Waals surface area contributed by atoms with E-state index >= 15 is 0 Å². The van der Waals surface area contributed by atoms with Crippen molar-refractivity contribution in [1.29, 1.82) is 0 Å². The molecule has 1 aliphatic heterocycles. The number of carbonyl (C=O) groups is 2. The zero-order chi connectivity index (χ0) is 14.1. The van der Waals surface area contributed by atoms with Crippen LogP contribution >= 0.6 is 0 Å². The highest BCUT2D eigenvalue weighted by atomic mass is 16.4. The molecule has 1 aliphatic rings. The van der Waals surface area contributed by atoms with Crippen LogP contribution in [0.5, 0.6) is 0 Å².